The van der Waals surface area contributed by atoms with Crippen LogP contribution in [0.5, 0.6) is 0 Å². The predicted octanol–water partition coefficient (Wildman–Crippen LogP) is 3.12. The highest BCUT2D eigenvalue weighted by Gasteiger charge is 2.23. The lowest BCUT2D eigenvalue weighted by Gasteiger charge is -2.11. The quantitative estimate of drug-likeness (QED) is 0.810. The average molecular weight is 297 g/mol. The Hall–Kier alpha value is -2.63. The second-order valence-electron chi connectivity index (χ2n) is 5.57. The number of aromatic nitrogens is 2. The fraction of sp³-hybridized carbons (Fsp3) is 0.312. The fourth-order valence-corrected chi connectivity index (χ4v) is 2.17. The summed E-state index contributed by atoms with van der Waals surface area (Å²) in [7, 11) is 0. The SMILES string of the molecule is Cc1cccc(C)c1Nc1ccc(NC(=O)NC2CC2)nn1. The van der Waals surface area contributed by atoms with E-state index >= 15 is 0 Å². The van der Waals surface area contributed by atoms with Gasteiger partial charge in [-0.15, -0.1) is 10.2 Å². The molecule has 1 aliphatic rings. The van der Waals surface area contributed by atoms with Crippen molar-refractivity contribution >= 4 is 23.4 Å². The maximum Gasteiger partial charge on any atom is 0.320 e. The molecule has 0 aliphatic heterocycles. The zero-order valence-electron chi connectivity index (χ0n) is 12.7. The molecule has 1 fully saturated rings. The minimum Gasteiger partial charge on any atom is -0.338 e. The molecule has 0 unspecified atom stereocenters. The number of nitrogens with one attached hydrogen (secondary N) is 3. The van der Waals surface area contributed by atoms with Gasteiger partial charge in [0.1, 0.15) is 0 Å². The van der Waals surface area contributed by atoms with Crippen LogP contribution in [0.15, 0.2) is 30.3 Å². The van der Waals surface area contributed by atoms with Crippen molar-refractivity contribution in [3.05, 3.63) is 41.5 Å². The van der Waals surface area contributed by atoms with E-state index in [9.17, 15) is 4.79 Å². The molecule has 0 atom stereocenters. The van der Waals surface area contributed by atoms with Gasteiger partial charge in [-0.05, 0) is 49.9 Å². The van der Waals surface area contributed by atoms with Crippen LogP contribution in [-0.2, 0) is 0 Å². The summed E-state index contributed by atoms with van der Waals surface area (Å²) < 4.78 is 0. The number of carbonyl (C=O) groups is 1. The lowest BCUT2D eigenvalue weighted by Crippen LogP contribution is -2.30. The molecule has 0 radical (unpaired) electrons. The first-order valence-corrected chi connectivity index (χ1v) is 7.36. The molecule has 0 saturated heterocycles. The number of para-hydroxylation sites is 1. The monoisotopic (exact) mass is 297 g/mol. The molecule has 1 aromatic carbocycles. The summed E-state index contributed by atoms with van der Waals surface area (Å²) in [5.74, 6) is 1.08. The van der Waals surface area contributed by atoms with E-state index in [-0.39, 0.29) is 6.03 Å². The molecule has 1 saturated carbocycles. The molecule has 0 spiro atoms. The van der Waals surface area contributed by atoms with Crippen molar-refractivity contribution < 1.29 is 4.79 Å². The number of urea groups is 1. The van der Waals surface area contributed by atoms with Crippen LogP contribution in [0, 0.1) is 13.8 Å². The van der Waals surface area contributed by atoms with Crippen LogP contribution in [0.25, 0.3) is 0 Å². The van der Waals surface area contributed by atoms with Crippen molar-refractivity contribution in [2.45, 2.75) is 32.7 Å². The Morgan fingerprint density at radius 1 is 1.05 bits per heavy atom. The van der Waals surface area contributed by atoms with Crippen molar-refractivity contribution in [1.82, 2.24) is 15.5 Å². The van der Waals surface area contributed by atoms with Crippen LogP contribution in [0.2, 0.25) is 0 Å². The van der Waals surface area contributed by atoms with Gasteiger partial charge in [0.05, 0.1) is 0 Å². The van der Waals surface area contributed by atoms with Crippen molar-refractivity contribution in [2.75, 3.05) is 10.6 Å². The van der Waals surface area contributed by atoms with Crippen LogP contribution in [-0.4, -0.2) is 22.3 Å². The number of benzene rings is 1. The third-order valence-corrected chi connectivity index (χ3v) is 3.55. The standard InChI is InChI=1S/C16H19N5O/c1-10-4-3-5-11(2)15(10)18-13-8-9-14(21-20-13)19-16(22)17-12-6-7-12/h3-5,8-9,12H,6-7H2,1-2H3,(H,18,20)(H2,17,19,21,22). The van der Waals surface area contributed by atoms with E-state index in [2.05, 4.69) is 26.1 Å². The Morgan fingerprint density at radius 3 is 2.27 bits per heavy atom. The van der Waals surface area contributed by atoms with Gasteiger partial charge in [-0.25, -0.2) is 4.79 Å². The van der Waals surface area contributed by atoms with Gasteiger partial charge in [0.25, 0.3) is 0 Å². The van der Waals surface area contributed by atoms with E-state index in [1.807, 2.05) is 32.0 Å². The van der Waals surface area contributed by atoms with Crippen LogP contribution in [0.3, 0.4) is 0 Å². The Kier molecular flexibility index (Phi) is 3.91. The van der Waals surface area contributed by atoms with Crippen LogP contribution >= 0.6 is 0 Å². The van der Waals surface area contributed by atoms with Crippen molar-refractivity contribution in [3.8, 4) is 0 Å². The van der Waals surface area contributed by atoms with Crippen molar-refractivity contribution in [2.24, 2.45) is 0 Å². The number of hydrogen-bond donors (Lipinski definition) is 3. The molecule has 3 rings (SSSR count). The number of hydrogen-bond acceptors (Lipinski definition) is 4. The van der Waals surface area contributed by atoms with Gasteiger partial charge in [0.15, 0.2) is 11.6 Å². The third-order valence-electron chi connectivity index (χ3n) is 3.55. The molecule has 114 valence electrons. The lowest BCUT2D eigenvalue weighted by molar-refractivity contribution is 0.251. The van der Waals surface area contributed by atoms with Crippen molar-refractivity contribution in [1.29, 1.82) is 0 Å². The number of amides is 2. The molecule has 1 aromatic heterocycles. The first kappa shape index (κ1) is 14.3. The van der Waals surface area contributed by atoms with E-state index in [1.54, 1.807) is 12.1 Å². The number of anilines is 3. The topological polar surface area (TPSA) is 78.9 Å². The summed E-state index contributed by atoms with van der Waals surface area (Å²) in [4.78, 5) is 11.6. The summed E-state index contributed by atoms with van der Waals surface area (Å²) in [5.41, 5.74) is 3.32. The van der Waals surface area contributed by atoms with E-state index in [1.165, 1.54) is 0 Å². The second kappa shape index (κ2) is 6.01. The average Bonchev–Trinajstić information content (AvgIpc) is 3.29. The van der Waals surface area contributed by atoms with Crippen molar-refractivity contribution in [3.63, 3.8) is 0 Å². The highest BCUT2D eigenvalue weighted by molar-refractivity contribution is 5.88. The first-order valence-electron chi connectivity index (χ1n) is 7.36. The summed E-state index contributed by atoms with van der Waals surface area (Å²) in [6.45, 7) is 4.09. The summed E-state index contributed by atoms with van der Waals surface area (Å²) in [6.07, 6.45) is 2.11. The molecule has 1 heterocycles. The summed E-state index contributed by atoms with van der Waals surface area (Å²) >= 11 is 0. The van der Waals surface area contributed by atoms with Gasteiger partial charge < -0.3 is 10.6 Å². The Balaban J connectivity index is 1.64. The fourth-order valence-electron chi connectivity index (χ4n) is 2.17. The van der Waals surface area contributed by atoms with Crippen LogP contribution in [0.1, 0.15) is 24.0 Å². The maximum atomic E-state index is 11.6. The van der Waals surface area contributed by atoms with Gasteiger partial charge in [0.2, 0.25) is 0 Å². The molecule has 2 amide bonds. The zero-order valence-corrected chi connectivity index (χ0v) is 12.7. The predicted molar refractivity (Wildman–Crippen MR) is 86.4 cm³/mol. The normalized spacial score (nSPS) is 13.5. The highest BCUT2D eigenvalue weighted by Crippen LogP contribution is 2.23. The molecular formula is C16H19N5O. The molecule has 1 aliphatic carbocycles. The molecule has 3 N–H and O–H groups in total. The minimum atomic E-state index is -0.229. The lowest BCUT2D eigenvalue weighted by atomic mass is 10.1. The first-order chi connectivity index (χ1) is 10.6. The van der Waals surface area contributed by atoms with E-state index < -0.39 is 0 Å². The van der Waals surface area contributed by atoms with Crippen LogP contribution < -0.4 is 16.0 Å². The third kappa shape index (κ3) is 3.52. The molecular weight excluding hydrogens is 278 g/mol. The number of rotatable bonds is 4. The molecule has 0 bridgehead atoms. The number of aryl methyl sites for hydroxylation is 2. The Labute approximate surface area is 129 Å². The zero-order chi connectivity index (χ0) is 15.5. The molecule has 22 heavy (non-hydrogen) atoms. The number of nitrogens with zero attached hydrogens (tertiary/aromatic N) is 2. The van der Waals surface area contributed by atoms with Gasteiger partial charge in [-0.1, -0.05) is 18.2 Å². The summed E-state index contributed by atoms with van der Waals surface area (Å²) in [5, 5.41) is 16.9. The number of carbonyl (C=O) groups excluding carboxylic acids is 1. The largest absolute Gasteiger partial charge is 0.338 e. The van der Waals surface area contributed by atoms with Gasteiger partial charge in [-0.2, -0.15) is 0 Å². The molecule has 6 heteroatoms. The van der Waals surface area contributed by atoms with Crippen LogP contribution in [0.4, 0.5) is 22.1 Å². The van der Waals surface area contributed by atoms with E-state index in [0.29, 0.717) is 17.7 Å². The second-order valence-corrected chi connectivity index (χ2v) is 5.57. The highest BCUT2D eigenvalue weighted by atomic mass is 16.2. The van der Waals surface area contributed by atoms with E-state index in [4.69, 9.17) is 0 Å². The molecule has 2 aromatic rings. The maximum absolute atomic E-state index is 11.6. The Bertz CT molecular complexity index is 659. The summed E-state index contributed by atoms with van der Waals surface area (Å²) in [6, 6.07) is 9.72. The smallest absolute Gasteiger partial charge is 0.320 e. The minimum absolute atomic E-state index is 0.229. The Morgan fingerprint density at radius 2 is 1.68 bits per heavy atom. The van der Waals surface area contributed by atoms with E-state index in [0.717, 1.165) is 29.7 Å². The van der Waals surface area contributed by atoms with Gasteiger partial charge in [-0.3, -0.25) is 5.32 Å². The van der Waals surface area contributed by atoms with Gasteiger partial charge >= 0.3 is 6.03 Å². The van der Waals surface area contributed by atoms with Gasteiger partial charge in [0, 0.05) is 11.7 Å². The molecule has 6 nitrogen and oxygen atoms in total.